The van der Waals surface area contributed by atoms with Gasteiger partial charge < -0.3 is 14.6 Å². The third kappa shape index (κ3) is 2.61. The number of amides is 1. The maximum absolute atomic E-state index is 12.2. The second-order valence-corrected chi connectivity index (χ2v) is 4.84. The molecule has 0 bridgehead atoms. The van der Waals surface area contributed by atoms with Crippen molar-refractivity contribution in [2.24, 2.45) is 0 Å². The fourth-order valence-electron chi connectivity index (χ4n) is 2.40. The van der Waals surface area contributed by atoms with Crippen molar-refractivity contribution in [1.82, 2.24) is 15.2 Å². The molecule has 1 aliphatic heterocycles. The van der Waals surface area contributed by atoms with Gasteiger partial charge in [-0.25, -0.2) is 4.98 Å². The first-order valence-corrected chi connectivity index (χ1v) is 6.57. The van der Waals surface area contributed by atoms with Crippen molar-refractivity contribution >= 4 is 17.0 Å². The molecule has 0 atom stereocenters. The Morgan fingerprint density at radius 3 is 3.00 bits per heavy atom. The van der Waals surface area contributed by atoms with Crippen molar-refractivity contribution in [2.45, 2.75) is 13.3 Å². The van der Waals surface area contributed by atoms with E-state index in [1.807, 2.05) is 30.0 Å². The summed E-state index contributed by atoms with van der Waals surface area (Å²) in [5.74, 6) is 0.835. The first-order valence-electron chi connectivity index (χ1n) is 6.57. The quantitative estimate of drug-likeness (QED) is 0.877. The average molecular weight is 259 g/mol. The van der Waals surface area contributed by atoms with Crippen molar-refractivity contribution in [3.05, 3.63) is 29.7 Å². The molecule has 1 aliphatic rings. The zero-order valence-corrected chi connectivity index (χ0v) is 11.0. The van der Waals surface area contributed by atoms with E-state index in [0.717, 1.165) is 42.8 Å². The molecule has 100 valence electrons. The van der Waals surface area contributed by atoms with Gasteiger partial charge in [0.1, 0.15) is 5.52 Å². The molecule has 1 fully saturated rings. The smallest absolute Gasteiger partial charge is 0.227 e. The number of benzene rings is 1. The lowest BCUT2D eigenvalue weighted by Crippen LogP contribution is -2.46. The van der Waals surface area contributed by atoms with Crippen LogP contribution < -0.4 is 5.32 Å². The van der Waals surface area contributed by atoms with E-state index in [9.17, 15) is 4.79 Å². The highest BCUT2D eigenvalue weighted by atomic mass is 16.3. The van der Waals surface area contributed by atoms with Gasteiger partial charge in [0.05, 0.1) is 6.42 Å². The number of hydrogen-bond donors (Lipinski definition) is 1. The minimum atomic E-state index is 0.182. The summed E-state index contributed by atoms with van der Waals surface area (Å²) in [6, 6.07) is 5.76. The highest BCUT2D eigenvalue weighted by Crippen LogP contribution is 2.17. The maximum Gasteiger partial charge on any atom is 0.227 e. The molecule has 0 radical (unpaired) electrons. The minimum Gasteiger partial charge on any atom is -0.441 e. The lowest BCUT2D eigenvalue weighted by atomic mass is 10.1. The zero-order chi connectivity index (χ0) is 13.2. The number of aromatic nitrogens is 1. The van der Waals surface area contributed by atoms with Crippen LogP contribution in [0.25, 0.3) is 11.1 Å². The number of fused-ring (bicyclic) bond motifs is 1. The second-order valence-electron chi connectivity index (χ2n) is 4.84. The summed E-state index contributed by atoms with van der Waals surface area (Å²) in [7, 11) is 0. The molecule has 1 aromatic carbocycles. The Kier molecular flexibility index (Phi) is 3.21. The molecule has 2 heterocycles. The van der Waals surface area contributed by atoms with Crippen LogP contribution in [0.4, 0.5) is 0 Å². The van der Waals surface area contributed by atoms with Crippen molar-refractivity contribution in [3.63, 3.8) is 0 Å². The van der Waals surface area contributed by atoms with Gasteiger partial charge >= 0.3 is 0 Å². The Labute approximate surface area is 111 Å². The molecule has 0 unspecified atom stereocenters. The van der Waals surface area contributed by atoms with Crippen LogP contribution in [0.1, 0.15) is 11.5 Å². The van der Waals surface area contributed by atoms with E-state index in [2.05, 4.69) is 10.3 Å². The zero-order valence-electron chi connectivity index (χ0n) is 11.0. The van der Waals surface area contributed by atoms with Crippen molar-refractivity contribution < 1.29 is 9.21 Å². The molecule has 1 N–H and O–H groups in total. The highest BCUT2D eigenvalue weighted by molar-refractivity contribution is 5.81. The highest BCUT2D eigenvalue weighted by Gasteiger charge is 2.16. The standard InChI is InChI=1S/C14H17N3O2/c1-10-16-12-8-11(2-3-13(12)19-10)9-14(18)17-6-4-15-5-7-17/h2-3,8,15H,4-7,9H2,1H3. The SMILES string of the molecule is Cc1nc2cc(CC(=O)N3CCNCC3)ccc2o1. The molecule has 0 spiro atoms. The van der Waals surface area contributed by atoms with Crippen LogP contribution in [-0.4, -0.2) is 42.0 Å². The molecule has 19 heavy (non-hydrogen) atoms. The summed E-state index contributed by atoms with van der Waals surface area (Å²) in [6.07, 6.45) is 0.432. The fourth-order valence-corrected chi connectivity index (χ4v) is 2.40. The summed E-state index contributed by atoms with van der Waals surface area (Å²) in [4.78, 5) is 18.4. The Hall–Kier alpha value is -1.88. The average Bonchev–Trinajstić information content (AvgIpc) is 2.79. The Morgan fingerprint density at radius 1 is 1.42 bits per heavy atom. The lowest BCUT2D eigenvalue weighted by Gasteiger charge is -2.27. The number of carbonyl (C=O) groups is 1. The third-order valence-electron chi connectivity index (χ3n) is 3.38. The number of carbonyl (C=O) groups excluding carboxylic acids is 1. The monoisotopic (exact) mass is 259 g/mol. The van der Waals surface area contributed by atoms with Crippen LogP contribution in [0.15, 0.2) is 22.6 Å². The van der Waals surface area contributed by atoms with Gasteiger partial charge in [0.25, 0.3) is 0 Å². The van der Waals surface area contributed by atoms with E-state index in [1.54, 1.807) is 0 Å². The molecule has 1 saturated heterocycles. The van der Waals surface area contributed by atoms with E-state index >= 15 is 0 Å². The maximum atomic E-state index is 12.2. The molecule has 1 aromatic heterocycles. The van der Waals surface area contributed by atoms with Crippen LogP contribution in [0.3, 0.4) is 0 Å². The predicted octanol–water partition coefficient (Wildman–Crippen LogP) is 1.11. The van der Waals surface area contributed by atoms with Crippen LogP contribution in [0.5, 0.6) is 0 Å². The summed E-state index contributed by atoms with van der Waals surface area (Å²) in [5.41, 5.74) is 2.59. The Morgan fingerprint density at radius 2 is 2.21 bits per heavy atom. The third-order valence-corrected chi connectivity index (χ3v) is 3.38. The van der Waals surface area contributed by atoms with Gasteiger partial charge in [-0.3, -0.25) is 4.79 Å². The van der Waals surface area contributed by atoms with E-state index in [0.29, 0.717) is 12.3 Å². The number of aryl methyl sites for hydroxylation is 1. The van der Waals surface area contributed by atoms with Crippen LogP contribution in [0.2, 0.25) is 0 Å². The number of nitrogens with zero attached hydrogens (tertiary/aromatic N) is 2. The van der Waals surface area contributed by atoms with Crippen LogP contribution in [0, 0.1) is 6.92 Å². The summed E-state index contributed by atoms with van der Waals surface area (Å²) >= 11 is 0. The molecular weight excluding hydrogens is 242 g/mol. The second kappa shape index (κ2) is 5.01. The van der Waals surface area contributed by atoms with Crippen molar-refractivity contribution in [1.29, 1.82) is 0 Å². The number of piperazine rings is 1. The van der Waals surface area contributed by atoms with Gasteiger partial charge in [0.15, 0.2) is 11.5 Å². The van der Waals surface area contributed by atoms with E-state index < -0.39 is 0 Å². The largest absolute Gasteiger partial charge is 0.441 e. The van der Waals surface area contributed by atoms with Crippen LogP contribution in [-0.2, 0) is 11.2 Å². The number of oxazole rings is 1. The first-order chi connectivity index (χ1) is 9.22. The Bertz CT molecular complexity index is 600. The molecule has 5 nitrogen and oxygen atoms in total. The van der Waals surface area contributed by atoms with Gasteiger partial charge in [0, 0.05) is 33.1 Å². The molecule has 0 saturated carbocycles. The Balaban J connectivity index is 1.74. The van der Waals surface area contributed by atoms with Gasteiger partial charge in [-0.15, -0.1) is 0 Å². The molecular formula is C14H17N3O2. The van der Waals surface area contributed by atoms with Crippen molar-refractivity contribution in [3.8, 4) is 0 Å². The number of nitrogens with one attached hydrogen (secondary N) is 1. The molecule has 3 rings (SSSR count). The van der Waals surface area contributed by atoms with Crippen molar-refractivity contribution in [2.75, 3.05) is 26.2 Å². The molecule has 0 aliphatic carbocycles. The van der Waals surface area contributed by atoms with Gasteiger partial charge in [0.2, 0.25) is 5.91 Å². The fraction of sp³-hybridized carbons (Fsp3) is 0.429. The minimum absolute atomic E-state index is 0.182. The summed E-state index contributed by atoms with van der Waals surface area (Å²) < 4.78 is 5.43. The molecule has 5 heteroatoms. The number of rotatable bonds is 2. The van der Waals surface area contributed by atoms with Gasteiger partial charge in [-0.2, -0.15) is 0 Å². The molecule has 2 aromatic rings. The predicted molar refractivity (Wildman–Crippen MR) is 71.9 cm³/mol. The van der Waals surface area contributed by atoms with Gasteiger partial charge in [-0.1, -0.05) is 6.07 Å². The van der Waals surface area contributed by atoms with E-state index in [1.165, 1.54) is 0 Å². The topological polar surface area (TPSA) is 58.4 Å². The number of hydrogen-bond acceptors (Lipinski definition) is 4. The molecule has 1 amide bonds. The van der Waals surface area contributed by atoms with Crippen LogP contribution >= 0.6 is 0 Å². The van der Waals surface area contributed by atoms with Gasteiger partial charge in [-0.05, 0) is 17.7 Å². The lowest BCUT2D eigenvalue weighted by molar-refractivity contribution is -0.131. The normalized spacial score (nSPS) is 15.9. The summed E-state index contributed by atoms with van der Waals surface area (Å²) in [6.45, 7) is 5.18. The summed E-state index contributed by atoms with van der Waals surface area (Å²) in [5, 5.41) is 3.24. The van der Waals surface area contributed by atoms with E-state index in [4.69, 9.17) is 4.42 Å². The van der Waals surface area contributed by atoms with E-state index in [-0.39, 0.29) is 5.91 Å². The first kappa shape index (κ1) is 12.2.